The monoisotopic (exact) mass is 1760 g/mol. The SMILES string of the molecule is c1ccc(-c2ccc(-c3nc(-c4ccccc4)nc(-c4cc(-c5nc(-c6ccccc6)nc(-c6ccccc6)n5)ccc4-n4c5ccccc5c5ccc6oc7ccccc7c6c54)n3)cc2)cc1.c1ccc(-c2nc(-c3ccccc3)nc(-c3ccc(-n4c5ccccc5c5ccc6sc7ccccc7c6c54)c(-c4nc(-c5ccccc5)nc(-c5ccccc5-c5ccccc5)n4)c3)n2)cc1. The van der Waals surface area contributed by atoms with Gasteiger partial charge in [0.2, 0.25) is 0 Å². The minimum Gasteiger partial charge on any atom is -0.456 e. The molecule has 0 aliphatic rings. The Morgan fingerprint density at radius 1 is 0.169 bits per heavy atom. The molecule has 0 amide bonds. The minimum atomic E-state index is 0.494. The van der Waals surface area contributed by atoms with Crippen LogP contribution in [-0.2, 0) is 0 Å². The molecule has 0 saturated heterocycles. The molecule has 0 unspecified atom stereocenters. The summed E-state index contributed by atoms with van der Waals surface area (Å²) < 4.78 is 13.7. The van der Waals surface area contributed by atoms with Crippen molar-refractivity contribution in [2.45, 2.75) is 0 Å². The van der Waals surface area contributed by atoms with Crippen LogP contribution in [0, 0.1) is 0 Å². The molecule has 0 bridgehead atoms. The quantitative estimate of drug-likeness (QED) is 0.0893. The maximum absolute atomic E-state index is 6.53. The Morgan fingerprint density at radius 3 is 0.904 bits per heavy atom. The summed E-state index contributed by atoms with van der Waals surface area (Å²) in [6.07, 6.45) is 0. The van der Waals surface area contributed by atoms with Gasteiger partial charge in [0.1, 0.15) is 11.2 Å². The van der Waals surface area contributed by atoms with E-state index in [1.807, 2.05) is 212 Å². The van der Waals surface area contributed by atoms with Crippen LogP contribution in [-0.4, -0.2) is 68.9 Å². The summed E-state index contributed by atoms with van der Waals surface area (Å²) in [6.45, 7) is 0. The summed E-state index contributed by atoms with van der Waals surface area (Å²) in [6, 6.07) is 154. The highest BCUT2D eigenvalue weighted by molar-refractivity contribution is 7.26. The maximum atomic E-state index is 6.53. The van der Waals surface area contributed by atoms with Gasteiger partial charge >= 0.3 is 0 Å². The zero-order valence-electron chi connectivity index (χ0n) is 72.8. The molecule has 0 aliphatic heterocycles. The average Bonchev–Trinajstić information content (AvgIpc) is 1.55. The van der Waals surface area contributed by atoms with Crippen molar-refractivity contribution >= 4 is 97.1 Å². The number of furan rings is 1. The van der Waals surface area contributed by atoms with Gasteiger partial charge in [-0.15, -0.1) is 11.3 Å². The Hall–Kier alpha value is -18.4. The Morgan fingerprint density at radius 2 is 0.463 bits per heavy atom. The predicted octanol–water partition coefficient (Wildman–Crippen LogP) is 29.9. The normalized spacial score (nSPS) is 11.5. The number of hydrogen-bond donors (Lipinski definition) is 0. The summed E-state index contributed by atoms with van der Waals surface area (Å²) in [5.74, 6) is 6.61. The van der Waals surface area contributed by atoms with E-state index in [0.717, 1.165) is 161 Å². The third kappa shape index (κ3) is 14.6. The molecule has 0 N–H and O–H groups in total. The molecule has 636 valence electrons. The number of nitrogens with zero attached hydrogens (tertiary/aromatic N) is 14. The summed E-state index contributed by atoms with van der Waals surface area (Å²) in [5, 5.41) is 9.04. The average molecular weight is 1760 g/mol. The van der Waals surface area contributed by atoms with Gasteiger partial charge in [-0.1, -0.05) is 370 Å². The van der Waals surface area contributed by atoms with Crippen molar-refractivity contribution in [1.82, 2.24) is 68.9 Å². The van der Waals surface area contributed by atoms with Crippen molar-refractivity contribution in [3.63, 3.8) is 0 Å². The van der Waals surface area contributed by atoms with Crippen molar-refractivity contribution in [2.75, 3.05) is 0 Å². The number of rotatable bonds is 16. The van der Waals surface area contributed by atoms with E-state index in [0.29, 0.717) is 69.9 Å². The van der Waals surface area contributed by atoms with Crippen LogP contribution in [0.4, 0.5) is 0 Å². The first-order valence-corrected chi connectivity index (χ1v) is 45.9. The summed E-state index contributed by atoms with van der Waals surface area (Å²) in [5.41, 5.74) is 22.2. The van der Waals surface area contributed by atoms with Crippen LogP contribution in [0.1, 0.15) is 0 Å². The molecule has 26 rings (SSSR count). The van der Waals surface area contributed by atoms with Gasteiger partial charge in [-0.05, 0) is 101 Å². The predicted molar refractivity (Wildman–Crippen MR) is 551 cm³/mol. The van der Waals surface area contributed by atoms with Gasteiger partial charge in [0, 0.05) is 114 Å². The highest BCUT2D eigenvalue weighted by Gasteiger charge is 2.29. The van der Waals surface area contributed by atoms with Crippen LogP contribution in [0.5, 0.6) is 0 Å². The number of benzene rings is 18. The molecule has 16 heteroatoms. The fourth-order valence-corrected chi connectivity index (χ4v) is 19.8. The van der Waals surface area contributed by atoms with Crippen molar-refractivity contribution in [3.05, 3.63) is 449 Å². The second-order valence-electron chi connectivity index (χ2n) is 33.3. The molecule has 15 nitrogen and oxygen atoms in total. The van der Waals surface area contributed by atoms with Crippen LogP contribution in [0.15, 0.2) is 453 Å². The second kappa shape index (κ2) is 34.2. The van der Waals surface area contributed by atoms with Gasteiger partial charge in [-0.25, -0.2) is 59.8 Å². The van der Waals surface area contributed by atoms with Crippen molar-refractivity contribution in [3.8, 4) is 170 Å². The molecule has 0 fully saturated rings. The Labute approximate surface area is 784 Å². The summed E-state index contributed by atoms with van der Waals surface area (Å²) in [4.78, 5) is 62.8. The standard InChI is InChI=1S/C60H37N7O.C60H37N7S/c1-5-17-38(18-6-1)39-29-31-43(32-30-39)58-62-57(42-23-11-4-12-24-42)65-60(66-58)48-37-44(59-63-55(40-19-7-2-8-20-40)61-56(64-59)41-21-9-3-10-22-41)33-35-50(48)67-49-27-15-13-25-45(49)46-34-36-52-53(54(46)67)47-26-14-16-28-51(47)68-52;1-5-19-38(20-6-1)43-27-13-14-29-46(43)59-64-57(41-25-11-4-12-26-41)65-60(66-59)48-37-42(58-62-55(39-21-7-2-8-22-39)61-56(63-58)40-23-9-3-10-24-40)33-35-50(48)67-49-31-17-15-28-44(49)45-34-36-52-53(54(45)67)47-30-16-18-32-51(47)68-52/h2*1-37H. The zero-order valence-corrected chi connectivity index (χ0v) is 73.6. The van der Waals surface area contributed by atoms with Gasteiger partial charge in [0.25, 0.3) is 0 Å². The fraction of sp³-hybridized carbons (Fsp3) is 0. The molecule has 136 heavy (non-hydrogen) atoms. The van der Waals surface area contributed by atoms with Gasteiger partial charge in [0.15, 0.2) is 69.9 Å². The molecule has 0 aliphatic carbocycles. The van der Waals surface area contributed by atoms with Crippen LogP contribution in [0.3, 0.4) is 0 Å². The van der Waals surface area contributed by atoms with E-state index >= 15 is 0 Å². The van der Waals surface area contributed by atoms with Crippen molar-refractivity contribution in [1.29, 1.82) is 0 Å². The largest absolute Gasteiger partial charge is 0.456 e. The Bertz CT molecular complexity index is 8960. The first kappa shape index (κ1) is 79.8. The van der Waals surface area contributed by atoms with E-state index < -0.39 is 0 Å². The van der Waals surface area contributed by atoms with Crippen LogP contribution in [0.25, 0.3) is 256 Å². The lowest BCUT2D eigenvalue weighted by Crippen LogP contribution is -2.05. The van der Waals surface area contributed by atoms with E-state index in [1.165, 1.54) is 25.6 Å². The van der Waals surface area contributed by atoms with Gasteiger partial charge < -0.3 is 13.6 Å². The summed E-state index contributed by atoms with van der Waals surface area (Å²) >= 11 is 1.82. The number of hydrogen-bond acceptors (Lipinski definition) is 14. The van der Waals surface area contributed by atoms with Crippen molar-refractivity contribution in [2.24, 2.45) is 0 Å². The fourth-order valence-electron chi connectivity index (χ4n) is 18.7. The lowest BCUT2D eigenvalue weighted by molar-refractivity contribution is 0.669. The molecule has 8 heterocycles. The van der Waals surface area contributed by atoms with Crippen LogP contribution < -0.4 is 0 Å². The lowest BCUT2D eigenvalue weighted by atomic mass is 9.99. The summed E-state index contributed by atoms with van der Waals surface area (Å²) in [7, 11) is 0. The highest BCUT2D eigenvalue weighted by Crippen LogP contribution is 2.48. The third-order valence-electron chi connectivity index (χ3n) is 25.1. The van der Waals surface area contributed by atoms with E-state index in [-0.39, 0.29) is 0 Å². The van der Waals surface area contributed by atoms with E-state index in [2.05, 4.69) is 258 Å². The van der Waals surface area contributed by atoms with Gasteiger partial charge in [0.05, 0.1) is 38.8 Å². The third-order valence-corrected chi connectivity index (χ3v) is 26.2. The molecular formula is C120H74N14OS. The molecule has 0 spiro atoms. The molecular weight excluding hydrogens is 1690 g/mol. The topological polar surface area (TPSA) is 178 Å². The number of thiophene rings is 1. The zero-order chi connectivity index (χ0) is 89.9. The number of para-hydroxylation sites is 3. The van der Waals surface area contributed by atoms with Crippen LogP contribution in [0.2, 0.25) is 0 Å². The Kier molecular flexibility index (Phi) is 20.0. The number of fused-ring (bicyclic) bond motifs is 14. The molecule has 8 aromatic heterocycles. The molecule has 0 atom stereocenters. The first-order chi connectivity index (χ1) is 67.4. The van der Waals surface area contributed by atoms with E-state index in [9.17, 15) is 0 Å². The molecule has 0 saturated carbocycles. The minimum absolute atomic E-state index is 0.494. The Balaban J connectivity index is 0.000000145. The smallest absolute Gasteiger partial charge is 0.166 e. The maximum Gasteiger partial charge on any atom is 0.166 e. The van der Waals surface area contributed by atoms with E-state index in [1.54, 1.807) is 0 Å². The number of aromatic nitrogens is 14. The van der Waals surface area contributed by atoms with Gasteiger partial charge in [-0.3, -0.25) is 0 Å². The lowest BCUT2D eigenvalue weighted by Gasteiger charge is -2.17. The molecule has 26 aromatic rings. The molecule has 0 radical (unpaired) electrons. The van der Waals surface area contributed by atoms with Gasteiger partial charge in [-0.2, -0.15) is 0 Å². The second-order valence-corrected chi connectivity index (χ2v) is 34.4. The van der Waals surface area contributed by atoms with Crippen LogP contribution >= 0.6 is 11.3 Å². The highest BCUT2D eigenvalue weighted by atomic mass is 32.1. The van der Waals surface area contributed by atoms with E-state index in [4.69, 9.17) is 64.2 Å². The molecule has 18 aromatic carbocycles. The first-order valence-electron chi connectivity index (χ1n) is 45.1. The van der Waals surface area contributed by atoms with Crippen molar-refractivity contribution < 1.29 is 4.42 Å².